The number of esters is 1. The van der Waals surface area contributed by atoms with Crippen molar-refractivity contribution in [1.29, 1.82) is 0 Å². The number of carbonyl (C=O) groups excluding carboxylic acids is 1. The van der Waals surface area contributed by atoms with Crippen LogP contribution in [0.5, 0.6) is 0 Å². The Bertz CT molecular complexity index is 613. The standard InChI is InChI=1S/C14H20ClNO4S/c1-9(2)8-12(14(17)20-4)16-21(18,19)13-7-5-6-11(15)10(13)3/h5-7,9,12,16H,8H2,1-4H3. The summed E-state index contributed by atoms with van der Waals surface area (Å²) in [4.78, 5) is 11.8. The molecule has 0 saturated heterocycles. The molecular formula is C14H20ClNO4S. The van der Waals surface area contributed by atoms with Crippen LogP contribution in [0.25, 0.3) is 0 Å². The Hall–Kier alpha value is -1.11. The van der Waals surface area contributed by atoms with Gasteiger partial charge < -0.3 is 4.74 Å². The molecule has 1 atom stereocenters. The van der Waals surface area contributed by atoms with Gasteiger partial charge in [0, 0.05) is 5.02 Å². The maximum atomic E-state index is 12.4. The van der Waals surface area contributed by atoms with Gasteiger partial charge in [-0.15, -0.1) is 0 Å². The minimum absolute atomic E-state index is 0.0626. The lowest BCUT2D eigenvalue weighted by molar-refractivity contribution is -0.143. The van der Waals surface area contributed by atoms with Gasteiger partial charge in [0.15, 0.2) is 0 Å². The molecule has 1 aromatic carbocycles. The highest BCUT2D eigenvalue weighted by molar-refractivity contribution is 7.89. The van der Waals surface area contributed by atoms with Crippen molar-refractivity contribution in [2.75, 3.05) is 7.11 Å². The van der Waals surface area contributed by atoms with Gasteiger partial charge in [-0.2, -0.15) is 4.72 Å². The van der Waals surface area contributed by atoms with E-state index in [1.165, 1.54) is 13.2 Å². The molecule has 0 saturated carbocycles. The highest BCUT2D eigenvalue weighted by Gasteiger charge is 2.28. The maximum absolute atomic E-state index is 12.4. The normalized spacial score (nSPS) is 13.2. The van der Waals surface area contributed by atoms with Crippen molar-refractivity contribution in [2.45, 2.75) is 38.1 Å². The minimum atomic E-state index is -3.85. The number of methoxy groups -OCH3 is 1. The summed E-state index contributed by atoms with van der Waals surface area (Å²) < 4.78 is 31.9. The molecule has 0 aromatic heterocycles. The zero-order valence-corrected chi connectivity index (χ0v) is 14.1. The summed E-state index contributed by atoms with van der Waals surface area (Å²) in [5, 5.41) is 0.358. The van der Waals surface area contributed by atoms with E-state index in [1.807, 2.05) is 13.8 Å². The van der Waals surface area contributed by atoms with E-state index in [-0.39, 0.29) is 10.8 Å². The second-order valence-corrected chi connectivity index (χ2v) is 7.28. The van der Waals surface area contributed by atoms with Crippen molar-refractivity contribution < 1.29 is 17.9 Å². The van der Waals surface area contributed by atoms with Gasteiger partial charge in [0.25, 0.3) is 0 Å². The Morgan fingerprint density at radius 2 is 2.00 bits per heavy atom. The lowest BCUT2D eigenvalue weighted by Gasteiger charge is -2.19. The van der Waals surface area contributed by atoms with Crippen molar-refractivity contribution in [2.24, 2.45) is 5.92 Å². The molecule has 0 aliphatic rings. The van der Waals surface area contributed by atoms with Gasteiger partial charge in [-0.1, -0.05) is 31.5 Å². The van der Waals surface area contributed by atoms with E-state index in [2.05, 4.69) is 9.46 Å². The highest BCUT2D eigenvalue weighted by atomic mass is 35.5. The molecule has 118 valence electrons. The van der Waals surface area contributed by atoms with Crippen molar-refractivity contribution in [3.63, 3.8) is 0 Å². The van der Waals surface area contributed by atoms with Crippen LogP contribution in [0, 0.1) is 12.8 Å². The summed E-state index contributed by atoms with van der Waals surface area (Å²) >= 11 is 5.95. The van der Waals surface area contributed by atoms with Crippen molar-refractivity contribution in [3.05, 3.63) is 28.8 Å². The Labute approximate surface area is 130 Å². The van der Waals surface area contributed by atoms with Gasteiger partial charge >= 0.3 is 5.97 Å². The fraction of sp³-hybridized carbons (Fsp3) is 0.500. The molecular weight excluding hydrogens is 314 g/mol. The molecule has 1 aromatic rings. The smallest absolute Gasteiger partial charge is 0.323 e. The molecule has 5 nitrogen and oxygen atoms in total. The molecule has 1 unspecified atom stereocenters. The molecule has 0 aliphatic heterocycles. The zero-order valence-electron chi connectivity index (χ0n) is 12.5. The first-order chi connectivity index (χ1) is 9.69. The van der Waals surface area contributed by atoms with Gasteiger partial charge in [-0.25, -0.2) is 8.42 Å². The predicted molar refractivity (Wildman–Crippen MR) is 81.8 cm³/mol. The first-order valence-electron chi connectivity index (χ1n) is 6.54. The third-order valence-electron chi connectivity index (χ3n) is 3.00. The van der Waals surface area contributed by atoms with Crippen LogP contribution in [0.3, 0.4) is 0 Å². The first-order valence-corrected chi connectivity index (χ1v) is 8.40. The zero-order chi connectivity index (χ0) is 16.2. The maximum Gasteiger partial charge on any atom is 0.323 e. The minimum Gasteiger partial charge on any atom is -0.468 e. The molecule has 0 bridgehead atoms. The summed E-state index contributed by atoms with van der Waals surface area (Å²) in [5.74, 6) is -0.468. The molecule has 0 amide bonds. The van der Waals surface area contributed by atoms with Crippen LogP contribution in [-0.2, 0) is 19.6 Å². The number of sulfonamides is 1. The molecule has 1 rings (SSSR count). The third-order valence-corrected chi connectivity index (χ3v) is 5.02. The molecule has 7 heteroatoms. The summed E-state index contributed by atoms with van der Waals surface area (Å²) in [6.45, 7) is 5.41. The number of rotatable bonds is 6. The molecule has 1 N–H and O–H groups in total. The number of carbonyl (C=O) groups is 1. The number of nitrogens with one attached hydrogen (secondary N) is 1. The van der Waals surface area contributed by atoms with E-state index < -0.39 is 22.0 Å². The Kier molecular flexibility index (Phi) is 6.19. The van der Waals surface area contributed by atoms with Crippen LogP contribution >= 0.6 is 11.6 Å². The molecule has 0 aliphatic carbocycles. The molecule has 0 radical (unpaired) electrons. The molecule has 0 spiro atoms. The number of ether oxygens (including phenoxy) is 1. The second kappa shape index (κ2) is 7.24. The van der Waals surface area contributed by atoms with Gasteiger partial charge in [-0.3, -0.25) is 4.79 Å². The topological polar surface area (TPSA) is 72.5 Å². The molecule has 0 heterocycles. The van der Waals surface area contributed by atoms with E-state index in [0.29, 0.717) is 17.0 Å². The average Bonchev–Trinajstić information content (AvgIpc) is 2.39. The lowest BCUT2D eigenvalue weighted by atomic mass is 10.1. The van der Waals surface area contributed by atoms with Gasteiger partial charge in [0.1, 0.15) is 6.04 Å². The fourth-order valence-corrected chi connectivity index (χ4v) is 3.63. The molecule has 0 fully saturated rings. The van der Waals surface area contributed by atoms with Gasteiger partial charge in [-0.05, 0) is 37.0 Å². The van der Waals surface area contributed by atoms with Crippen LogP contribution in [-0.4, -0.2) is 27.5 Å². The number of halogens is 1. The van der Waals surface area contributed by atoms with Crippen molar-refractivity contribution in [1.82, 2.24) is 4.72 Å². The van der Waals surface area contributed by atoms with Crippen molar-refractivity contribution >= 4 is 27.6 Å². The van der Waals surface area contributed by atoms with Gasteiger partial charge in [0.05, 0.1) is 12.0 Å². The third kappa shape index (κ3) is 4.69. The van der Waals surface area contributed by atoms with Crippen LogP contribution in [0.15, 0.2) is 23.1 Å². The quantitative estimate of drug-likeness (QED) is 0.812. The average molecular weight is 334 g/mol. The summed E-state index contributed by atoms with van der Waals surface area (Å²) in [6.07, 6.45) is 0.353. The van der Waals surface area contributed by atoms with Crippen LogP contribution in [0.1, 0.15) is 25.8 Å². The first kappa shape index (κ1) is 17.9. The Balaban J connectivity index is 3.11. The largest absolute Gasteiger partial charge is 0.468 e. The van der Waals surface area contributed by atoms with Crippen LogP contribution < -0.4 is 4.72 Å². The van der Waals surface area contributed by atoms with Gasteiger partial charge in [0.2, 0.25) is 10.0 Å². The number of benzene rings is 1. The van der Waals surface area contributed by atoms with Crippen molar-refractivity contribution in [3.8, 4) is 0 Å². The summed E-state index contributed by atoms with van der Waals surface area (Å²) in [5.41, 5.74) is 0.444. The van der Waals surface area contributed by atoms with E-state index in [4.69, 9.17) is 11.6 Å². The SMILES string of the molecule is COC(=O)C(CC(C)C)NS(=O)(=O)c1cccc(Cl)c1C. The predicted octanol–water partition coefficient (Wildman–Crippen LogP) is 2.51. The Morgan fingerprint density at radius 3 is 2.52 bits per heavy atom. The highest BCUT2D eigenvalue weighted by Crippen LogP contribution is 2.23. The second-order valence-electron chi connectivity index (χ2n) is 5.19. The van der Waals surface area contributed by atoms with E-state index in [1.54, 1.807) is 19.1 Å². The number of hydrogen-bond donors (Lipinski definition) is 1. The van der Waals surface area contributed by atoms with E-state index in [0.717, 1.165) is 0 Å². The van der Waals surface area contributed by atoms with Crippen LogP contribution in [0.2, 0.25) is 5.02 Å². The lowest BCUT2D eigenvalue weighted by Crippen LogP contribution is -2.42. The monoisotopic (exact) mass is 333 g/mol. The fourth-order valence-electron chi connectivity index (χ4n) is 1.94. The Morgan fingerprint density at radius 1 is 1.38 bits per heavy atom. The number of hydrogen-bond acceptors (Lipinski definition) is 4. The van der Waals surface area contributed by atoms with E-state index in [9.17, 15) is 13.2 Å². The molecule has 21 heavy (non-hydrogen) atoms. The van der Waals surface area contributed by atoms with E-state index >= 15 is 0 Å². The summed E-state index contributed by atoms with van der Waals surface area (Å²) in [7, 11) is -2.62. The van der Waals surface area contributed by atoms with Crippen LogP contribution in [0.4, 0.5) is 0 Å². The summed E-state index contributed by atoms with van der Waals surface area (Å²) in [6, 6.07) is 3.70.